The molecule has 0 spiro atoms. The monoisotopic (exact) mass is 286 g/mol. The number of phenols is 2. The van der Waals surface area contributed by atoms with Crippen LogP contribution in [0.2, 0.25) is 0 Å². The van der Waals surface area contributed by atoms with Gasteiger partial charge in [-0.3, -0.25) is 4.79 Å². The van der Waals surface area contributed by atoms with Gasteiger partial charge in [-0.2, -0.15) is 0 Å². The number of aromatic hydroxyl groups is 2. The lowest BCUT2D eigenvalue weighted by atomic mass is 9.90. The van der Waals surface area contributed by atoms with Gasteiger partial charge in [0.1, 0.15) is 0 Å². The highest BCUT2D eigenvalue weighted by atomic mass is 16.3. The van der Waals surface area contributed by atoms with Crippen LogP contribution in [0.4, 0.5) is 5.69 Å². The Morgan fingerprint density at radius 1 is 1.24 bits per heavy atom. The Bertz CT molecular complexity index is 641. The van der Waals surface area contributed by atoms with Gasteiger partial charge in [-0.05, 0) is 31.2 Å². The van der Waals surface area contributed by atoms with Crippen LogP contribution in [0.15, 0.2) is 24.3 Å². The molecule has 3 N–H and O–H groups in total. The molecule has 3 aliphatic rings. The molecule has 21 heavy (non-hydrogen) atoms. The summed E-state index contributed by atoms with van der Waals surface area (Å²) >= 11 is 0. The van der Waals surface area contributed by atoms with Crippen molar-refractivity contribution in [3.8, 4) is 11.5 Å². The van der Waals surface area contributed by atoms with Gasteiger partial charge in [0.2, 0.25) is 0 Å². The highest BCUT2D eigenvalue weighted by Crippen LogP contribution is 2.41. The number of hydrogen-bond donors (Lipinski definition) is 3. The van der Waals surface area contributed by atoms with Crippen molar-refractivity contribution in [2.24, 2.45) is 5.92 Å². The van der Waals surface area contributed by atoms with Crippen molar-refractivity contribution in [1.29, 1.82) is 0 Å². The summed E-state index contributed by atoms with van der Waals surface area (Å²) in [6, 6.07) is 3.24. The minimum atomic E-state index is -0.248. The Morgan fingerprint density at radius 2 is 2.05 bits per heavy atom. The molecular formula is C16H18N2O3. The number of fused-ring (bicyclic) bond motifs is 4. The first-order chi connectivity index (χ1) is 10.1. The molecule has 1 fully saturated rings. The normalized spacial score (nSPS) is 30.2. The van der Waals surface area contributed by atoms with E-state index in [1.807, 2.05) is 4.90 Å². The Morgan fingerprint density at radius 3 is 2.90 bits per heavy atom. The molecule has 1 amide bonds. The fraction of sp³-hybridized carbons (Fsp3) is 0.438. The fourth-order valence-electron chi connectivity index (χ4n) is 3.92. The van der Waals surface area contributed by atoms with Gasteiger partial charge in [0.15, 0.2) is 11.5 Å². The SMILES string of the molecule is O=C1c2cc(O)c(O)cc2NC[C@@H]2CC3C=CCCC3N12. The fourth-order valence-corrected chi connectivity index (χ4v) is 3.92. The third-order valence-corrected chi connectivity index (χ3v) is 4.91. The first-order valence-electron chi connectivity index (χ1n) is 7.44. The lowest BCUT2D eigenvalue weighted by molar-refractivity contribution is 0.0662. The topological polar surface area (TPSA) is 72.8 Å². The third kappa shape index (κ3) is 1.80. The van der Waals surface area contributed by atoms with Crippen LogP contribution in [0.1, 0.15) is 29.6 Å². The second-order valence-electron chi connectivity index (χ2n) is 6.11. The van der Waals surface area contributed by atoms with Crippen LogP contribution in [0.3, 0.4) is 0 Å². The number of rotatable bonds is 0. The average Bonchev–Trinajstić information content (AvgIpc) is 2.80. The maximum Gasteiger partial charge on any atom is 0.256 e. The van der Waals surface area contributed by atoms with Gasteiger partial charge in [0.25, 0.3) is 5.91 Å². The molecule has 5 heteroatoms. The largest absolute Gasteiger partial charge is 0.504 e. The number of carbonyl (C=O) groups excluding carboxylic acids is 1. The van der Waals surface area contributed by atoms with Gasteiger partial charge in [-0.15, -0.1) is 0 Å². The molecule has 1 aromatic carbocycles. The van der Waals surface area contributed by atoms with Crippen molar-refractivity contribution in [2.75, 3.05) is 11.9 Å². The van der Waals surface area contributed by atoms with Crippen molar-refractivity contribution in [1.82, 2.24) is 4.90 Å². The highest BCUT2D eigenvalue weighted by Gasteiger charge is 2.45. The Balaban J connectivity index is 1.77. The third-order valence-electron chi connectivity index (χ3n) is 4.91. The number of hydrogen-bond acceptors (Lipinski definition) is 4. The Labute approximate surface area is 122 Å². The minimum Gasteiger partial charge on any atom is -0.504 e. The second-order valence-corrected chi connectivity index (χ2v) is 6.11. The van der Waals surface area contributed by atoms with Crippen LogP contribution >= 0.6 is 0 Å². The van der Waals surface area contributed by atoms with E-state index in [4.69, 9.17) is 0 Å². The smallest absolute Gasteiger partial charge is 0.256 e. The van der Waals surface area contributed by atoms with Crippen LogP contribution in [0.25, 0.3) is 0 Å². The lowest BCUT2D eigenvalue weighted by Crippen LogP contribution is -2.43. The summed E-state index contributed by atoms with van der Waals surface area (Å²) in [5.41, 5.74) is 1.05. The number of nitrogens with one attached hydrogen (secondary N) is 1. The van der Waals surface area contributed by atoms with Crippen molar-refractivity contribution in [2.45, 2.75) is 31.3 Å². The van der Waals surface area contributed by atoms with Crippen molar-refractivity contribution in [3.05, 3.63) is 29.8 Å². The van der Waals surface area contributed by atoms with E-state index in [0.29, 0.717) is 23.7 Å². The molecule has 0 radical (unpaired) electrons. The molecule has 4 rings (SSSR count). The zero-order chi connectivity index (χ0) is 14.6. The summed E-state index contributed by atoms with van der Waals surface area (Å²) in [7, 11) is 0. The maximum atomic E-state index is 12.9. The van der Waals surface area contributed by atoms with Crippen LogP contribution in [-0.2, 0) is 0 Å². The van der Waals surface area contributed by atoms with Crippen LogP contribution < -0.4 is 5.32 Å². The van der Waals surface area contributed by atoms with Crippen LogP contribution in [0.5, 0.6) is 11.5 Å². The molecule has 0 aromatic heterocycles. The Hall–Kier alpha value is -2.17. The molecule has 2 heterocycles. The van der Waals surface area contributed by atoms with E-state index < -0.39 is 0 Å². The molecule has 0 bridgehead atoms. The summed E-state index contributed by atoms with van der Waals surface area (Å²) in [4.78, 5) is 14.9. The number of phenolic OH excluding ortho intramolecular Hbond substituents is 2. The average molecular weight is 286 g/mol. The predicted octanol–water partition coefficient (Wildman–Crippen LogP) is 2.07. The van der Waals surface area contributed by atoms with Gasteiger partial charge >= 0.3 is 0 Å². The van der Waals surface area contributed by atoms with Crippen LogP contribution in [0, 0.1) is 5.92 Å². The van der Waals surface area contributed by atoms with Gasteiger partial charge in [0, 0.05) is 18.7 Å². The van der Waals surface area contributed by atoms with E-state index >= 15 is 0 Å². The standard InChI is InChI=1S/C16H18N2O3/c19-14-6-11-12(7-15(14)20)17-8-10-5-9-3-1-2-4-13(9)18(10)16(11)21/h1,3,6-7,9-10,13,17,19-20H,2,4-5,8H2/t9?,10-,13?/m0/s1. The molecule has 110 valence electrons. The zero-order valence-corrected chi connectivity index (χ0v) is 11.6. The maximum absolute atomic E-state index is 12.9. The molecule has 1 saturated heterocycles. The molecule has 2 aliphatic heterocycles. The predicted molar refractivity (Wildman–Crippen MR) is 78.5 cm³/mol. The van der Waals surface area contributed by atoms with Gasteiger partial charge in [-0.1, -0.05) is 12.2 Å². The molecular weight excluding hydrogens is 268 g/mol. The van der Waals surface area contributed by atoms with Crippen molar-refractivity contribution < 1.29 is 15.0 Å². The molecule has 3 atom stereocenters. The van der Waals surface area contributed by atoms with Crippen molar-refractivity contribution in [3.63, 3.8) is 0 Å². The summed E-state index contributed by atoms with van der Waals surface area (Å²) in [6.45, 7) is 0.684. The summed E-state index contributed by atoms with van der Waals surface area (Å²) in [6.07, 6.45) is 7.45. The molecule has 2 unspecified atom stereocenters. The number of anilines is 1. The van der Waals surface area contributed by atoms with E-state index in [0.717, 1.165) is 19.3 Å². The van der Waals surface area contributed by atoms with Gasteiger partial charge < -0.3 is 20.4 Å². The summed E-state index contributed by atoms with van der Waals surface area (Å²) in [5.74, 6) is -0.0453. The first kappa shape index (κ1) is 12.6. The molecule has 1 aliphatic carbocycles. The molecule has 1 aromatic rings. The second kappa shape index (κ2) is 4.41. The van der Waals surface area contributed by atoms with E-state index in [2.05, 4.69) is 17.5 Å². The summed E-state index contributed by atoms with van der Waals surface area (Å²) < 4.78 is 0. The number of allylic oxidation sites excluding steroid dienone is 1. The van der Waals surface area contributed by atoms with E-state index in [1.165, 1.54) is 12.1 Å². The van der Waals surface area contributed by atoms with E-state index in [-0.39, 0.29) is 29.5 Å². The van der Waals surface area contributed by atoms with E-state index in [9.17, 15) is 15.0 Å². The number of benzene rings is 1. The van der Waals surface area contributed by atoms with Gasteiger partial charge in [-0.25, -0.2) is 0 Å². The minimum absolute atomic E-state index is 0.0434. The zero-order valence-electron chi connectivity index (χ0n) is 11.6. The summed E-state index contributed by atoms with van der Waals surface area (Å²) in [5, 5.41) is 22.6. The highest BCUT2D eigenvalue weighted by molar-refractivity contribution is 6.01. The molecule has 5 nitrogen and oxygen atoms in total. The number of nitrogens with zero attached hydrogens (tertiary/aromatic N) is 1. The molecule has 0 saturated carbocycles. The number of amides is 1. The quantitative estimate of drug-likeness (QED) is 0.388. The van der Waals surface area contributed by atoms with Crippen LogP contribution in [-0.4, -0.2) is 39.6 Å². The number of carbonyl (C=O) groups is 1. The lowest BCUT2D eigenvalue weighted by Gasteiger charge is -2.31. The van der Waals surface area contributed by atoms with Gasteiger partial charge in [0.05, 0.1) is 17.3 Å². The van der Waals surface area contributed by atoms with E-state index in [1.54, 1.807) is 0 Å². The first-order valence-corrected chi connectivity index (χ1v) is 7.44. The Kier molecular flexibility index (Phi) is 2.64. The van der Waals surface area contributed by atoms with Crippen molar-refractivity contribution >= 4 is 11.6 Å².